The third kappa shape index (κ3) is 4.13. The van der Waals surface area contributed by atoms with E-state index < -0.39 is 21.6 Å². The van der Waals surface area contributed by atoms with Gasteiger partial charge in [0.25, 0.3) is 0 Å². The predicted molar refractivity (Wildman–Crippen MR) is 114 cm³/mol. The summed E-state index contributed by atoms with van der Waals surface area (Å²) < 4.78 is 64.0. The molecule has 0 bridgehead atoms. The molecule has 31 heavy (non-hydrogen) atoms. The fraction of sp³-hybridized carbons (Fsp3) is 0.0909. The van der Waals surface area contributed by atoms with Gasteiger partial charge in [0.1, 0.15) is 6.33 Å². The van der Waals surface area contributed by atoms with E-state index in [-0.39, 0.29) is 21.5 Å². The van der Waals surface area contributed by atoms with Crippen LogP contribution in [0.3, 0.4) is 0 Å². The van der Waals surface area contributed by atoms with Gasteiger partial charge >= 0.3 is 6.18 Å². The van der Waals surface area contributed by atoms with Gasteiger partial charge in [0.15, 0.2) is 9.84 Å². The second kappa shape index (κ2) is 7.62. The van der Waals surface area contributed by atoms with Gasteiger partial charge in [-0.3, -0.25) is 0 Å². The van der Waals surface area contributed by atoms with Gasteiger partial charge in [-0.15, -0.1) is 0 Å². The van der Waals surface area contributed by atoms with Gasteiger partial charge < -0.3 is 0 Å². The zero-order valence-corrected chi connectivity index (χ0v) is 17.6. The maximum Gasteiger partial charge on any atom is 0.418 e. The molecule has 1 aromatic heterocycles. The lowest BCUT2D eigenvalue weighted by atomic mass is 9.99. The van der Waals surface area contributed by atoms with E-state index in [1.165, 1.54) is 24.3 Å². The molecule has 0 atom stereocenters. The molecule has 0 aliphatic carbocycles. The monoisotopic (exact) mass is 462 g/mol. The van der Waals surface area contributed by atoms with Crippen molar-refractivity contribution in [3.63, 3.8) is 0 Å². The summed E-state index contributed by atoms with van der Waals surface area (Å²) in [6, 6.07) is 15.1. The van der Waals surface area contributed by atoms with E-state index >= 15 is 0 Å². The summed E-state index contributed by atoms with van der Waals surface area (Å²) in [5.74, 6) is 0. The Hall–Kier alpha value is -2.97. The second-order valence-corrected chi connectivity index (χ2v) is 9.34. The first-order valence-corrected chi connectivity index (χ1v) is 11.2. The molecule has 4 aromatic rings. The van der Waals surface area contributed by atoms with Crippen LogP contribution in [-0.4, -0.2) is 24.6 Å². The third-order valence-electron chi connectivity index (χ3n) is 4.79. The summed E-state index contributed by atoms with van der Waals surface area (Å²) in [6.45, 7) is 0. The standard InChI is InChI=1S/C22H14ClF3N2O2S/c1-31(29,30)15-5-2-4-13(10-15)14-8-9-19(23)17(11-14)20-16-6-3-7-18(22(24,25)26)21(16)28-12-27-20/h2-12H,1H3. The highest BCUT2D eigenvalue weighted by atomic mass is 35.5. The van der Waals surface area contributed by atoms with Crippen LogP contribution in [0.25, 0.3) is 33.3 Å². The highest BCUT2D eigenvalue weighted by Crippen LogP contribution is 2.39. The average Bonchev–Trinajstić information content (AvgIpc) is 2.72. The minimum absolute atomic E-state index is 0.156. The number of aromatic nitrogens is 2. The molecule has 158 valence electrons. The van der Waals surface area contributed by atoms with Crippen LogP contribution in [0, 0.1) is 0 Å². The van der Waals surface area contributed by atoms with Crippen LogP contribution < -0.4 is 0 Å². The lowest BCUT2D eigenvalue weighted by Crippen LogP contribution is -2.07. The van der Waals surface area contributed by atoms with Gasteiger partial charge in [-0.25, -0.2) is 18.4 Å². The van der Waals surface area contributed by atoms with E-state index in [4.69, 9.17) is 11.6 Å². The van der Waals surface area contributed by atoms with E-state index in [0.29, 0.717) is 21.7 Å². The fourth-order valence-electron chi connectivity index (χ4n) is 3.32. The van der Waals surface area contributed by atoms with Crippen LogP contribution in [0.2, 0.25) is 5.02 Å². The van der Waals surface area contributed by atoms with Gasteiger partial charge in [-0.05, 0) is 41.5 Å². The SMILES string of the molecule is CS(=O)(=O)c1cccc(-c2ccc(Cl)c(-c3ncnc4c(C(F)(F)F)cccc34)c2)c1. The largest absolute Gasteiger partial charge is 0.418 e. The van der Waals surface area contributed by atoms with Crippen molar-refractivity contribution in [2.45, 2.75) is 11.1 Å². The van der Waals surface area contributed by atoms with Crippen molar-refractivity contribution in [3.8, 4) is 22.4 Å². The molecule has 0 radical (unpaired) electrons. The summed E-state index contributed by atoms with van der Waals surface area (Å²) in [4.78, 5) is 8.19. The van der Waals surface area contributed by atoms with Crippen LogP contribution in [0.15, 0.2) is 71.9 Å². The number of hydrogen-bond acceptors (Lipinski definition) is 4. The maximum atomic E-state index is 13.4. The quantitative estimate of drug-likeness (QED) is 0.372. The maximum absolute atomic E-state index is 13.4. The minimum atomic E-state index is -4.57. The van der Waals surface area contributed by atoms with Crippen molar-refractivity contribution in [1.29, 1.82) is 0 Å². The molecule has 4 rings (SSSR count). The molecule has 0 saturated carbocycles. The summed E-state index contributed by atoms with van der Waals surface area (Å²) in [7, 11) is -3.40. The summed E-state index contributed by atoms with van der Waals surface area (Å²) >= 11 is 6.37. The number of halogens is 4. The van der Waals surface area contributed by atoms with Gasteiger partial charge in [0, 0.05) is 17.2 Å². The third-order valence-corrected chi connectivity index (χ3v) is 6.23. The topological polar surface area (TPSA) is 59.9 Å². The molecular weight excluding hydrogens is 449 g/mol. The highest BCUT2D eigenvalue weighted by Gasteiger charge is 2.33. The summed E-state index contributed by atoms with van der Waals surface area (Å²) in [6.07, 6.45) is -2.38. The summed E-state index contributed by atoms with van der Waals surface area (Å²) in [5.41, 5.74) is 0.846. The van der Waals surface area contributed by atoms with E-state index in [9.17, 15) is 21.6 Å². The Morgan fingerprint density at radius 2 is 1.61 bits per heavy atom. The lowest BCUT2D eigenvalue weighted by molar-refractivity contribution is -0.136. The molecule has 1 heterocycles. The highest BCUT2D eigenvalue weighted by molar-refractivity contribution is 7.90. The first-order valence-electron chi connectivity index (χ1n) is 8.97. The number of sulfone groups is 1. The number of hydrogen-bond donors (Lipinski definition) is 0. The second-order valence-electron chi connectivity index (χ2n) is 6.92. The molecule has 0 amide bonds. The average molecular weight is 463 g/mol. The van der Waals surface area contributed by atoms with E-state index in [2.05, 4.69) is 9.97 Å². The smallest absolute Gasteiger partial charge is 0.236 e. The van der Waals surface area contributed by atoms with Crippen molar-refractivity contribution in [1.82, 2.24) is 9.97 Å². The molecule has 0 aliphatic heterocycles. The molecule has 0 saturated heterocycles. The van der Waals surface area contributed by atoms with Crippen LogP contribution in [0.4, 0.5) is 13.2 Å². The number of fused-ring (bicyclic) bond motifs is 1. The normalized spacial score (nSPS) is 12.3. The van der Waals surface area contributed by atoms with Crippen molar-refractivity contribution >= 4 is 32.3 Å². The lowest BCUT2D eigenvalue weighted by Gasteiger charge is -2.13. The Bertz CT molecular complexity index is 1420. The molecule has 0 aliphatic rings. The summed E-state index contributed by atoms with van der Waals surface area (Å²) in [5, 5.41) is 0.502. The minimum Gasteiger partial charge on any atom is -0.236 e. The molecule has 0 unspecified atom stereocenters. The Balaban J connectivity index is 1.93. The number of nitrogens with zero attached hydrogens (tertiary/aromatic N) is 2. The Labute approximate surface area is 181 Å². The Kier molecular flexibility index (Phi) is 5.23. The molecule has 0 fully saturated rings. The van der Waals surface area contributed by atoms with Crippen molar-refractivity contribution < 1.29 is 21.6 Å². The van der Waals surface area contributed by atoms with E-state index in [1.54, 1.807) is 30.3 Å². The zero-order valence-electron chi connectivity index (χ0n) is 16.0. The van der Waals surface area contributed by atoms with Crippen molar-refractivity contribution in [2.75, 3.05) is 6.26 Å². The Morgan fingerprint density at radius 3 is 2.32 bits per heavy atom. The number of para-hydroxylation sites is 1. The Morgan fingerprint density at radius 1 is 0.903 bits per heavy atom. The van der Waals surface area contributed by atoms with Gasteiger partial charge in [0.2, 0.25) is 0 Å². The van der Waals surface area contributed by atoms with Crippen LogP contribution in [0.1, 0.15) is 5.56 Å². The molecular formula is C22H14ClF3N2O2S. The number of alkyl halides is 3. The van der Waals surface area contributed by atoms with Crippen molar-refractivity contribution in [3.05, 3.63) is 77.6 Å². The zero-order chi connectivity index (χ0) is 22.4. The molecule has 0 spiro atoms. The molecule has 4 nitrogen and oxygen atoms in total. The first-order chi connectivity index (χ1) is 14.6. The number of benzene rings is 3. The van der Waals surface area contributed by atoms with E-state index in [1.807, 2.05) is 0 Å². The van der Waals surface area contributed by atoms with Gasteiger partial charge in [0.05, 0.1) is 26.7 Å². The fourth-order valence-corrected chi connectivity index (χ4v) is 4.20. The molecule has 0 N–H and O–H groups in total. The first kappa shape index (κ1) is 21.3. The van der Waals surface area contributed by atoms with Gasteiger partial charge in [-0.2, -0.15) is 13.2 Å². The molecule has 9 heteroatoms. The predicted octanol–water partition coefficient (Wildman–Crippen LogP) is 6.04. The molecule has 3 aromatic carbocycles. The number of rotatable bonds is 3. The van der Waals surface area contributed by atoms with Crippen LogP contribution >= 0.6 is 11.6 Å². The van der Waals surface area contributed by atoms with Gasteiger partial charge in [-0.1, -0.05) is 41.9 Å². The van der Waals surface area contributed by atoms with Crippen LogP contribution in [0.5, 0.6) is 0 Å². The van der Waals surface area contributed by atoms with Crippen LogP contribution in [-0.2, 0) is 16.0 Å². The van der Waals surface area contributed by atoms with Crippen molar-refractivity contribution in [2.24, 2.45) is 0 Å². The van der Waals surface area contributed by atoms with E-state index in [0.717, 1.165) is 18.6 Å².